The Labute approximate surface area is 116 Å². The number of hydrogen-bond donors (Lipinski definition) is 2. The van der Waals surface area contributed by atoms with Gasteiger partial charge in [0, 0.05) is 17.7 Å². The Morgan fingerprint density at radius 2 is 2.25 bits per heavy atom. The van der Waals surface area contributed by atoms with Crippen LogP contribution in [0.2, 0.25) is 0 Å². The number of fused-ring (bicyclic) bond motifs is 1. The first-order chi connectivity index (χ1) is 9.54. The molecule has 0 saturated heterocycles. The zero-order valence-corrected chi connectivity index (χ0v) is 11.6. The monoisotopic (exact) mass is 275 g/mol. The molecule has 0 aliphatic heterocycles. The molecule has 1 amide bonds. The van der Waals surface area contributed by atoms with Crippen LogP contribution in [0.4, 0.5) is 0 Å². The number of carbonyl (C=O) groups excluding carboxylic acids is 1. The van der Waals surface area contributed by atoms with Gasteiger partial charge in [-0.3, -0.25) is 4.79 Å². The Bertz CT molecular complexity index is 674. The Balaban J connectivity index is 1.89. The van der Waals surface area contributed by atoms with Crippen LogP contribution in [0.25, 0.3) is 11.1 Å². The van der Waals surface area contributed by atoms with Crippen LogP contribution in [-0.4, -0.2) is 34.3 Å². The molecule has 20 heavy (non-hydrogen) atoms. The summed E-state index contributed by atoms with van der Waals surface area (Å²) in [4.78, 5) is 16.6. The zero-order chi connectivity index (χ0) is 14.3. The fraction of sp³-hybridized carbons (Fsp3) is 0.500. The van der Waals surface area contributed by atoms with E-state index in [9.17, 15) is 9.90 Å². The van der Waals surface area contributed by atoms with Crippen LogP contribution in [0.1, 0.15) is 34.6 Å². The van der Waals surface area contributed by atoms with Gasteiger partial charge in [-0.25, -0.2) is 4.98 Å². The second kappa shape index (κ2) is 4.56. The van der Waals surface area contributed by atoms with Crippen LogP contribution in [0.3, 0.4) is 0 Å². The molecule has 0 atom stereocenters. The van der Waals surface area contributed by atoms with E-state index >= 15 is 0 Å². The first kappa shape index (κ1) is 13.1. The van der Waals surface area contributed by atoms with E-state index in [1.165, 1.54) is 0 Å². The van der Waals surface area contributed by atoms with Gasteiger partial charge in [0.05, 0.1) is 23.3 Å². The molecule has 106 valence electrons. The van der Waals surface area contributed by atoms with Crippen LogP contribution < -0.4 is 5.32 Å². The van der Waals surface area contributed by atoms with Crippen molar-refractivity contribution in [1.29, 1.82) is 0 Å². The standard InChI is InChI=1S/C14H17N3O3/c1-8-5-10(11-9(2)17-20-13(11)16-8)12(19)15-6-14(7-18)3-4-14/h5,18H,3-4,6-7H2,1-2H3,(H,15,19). The maximum Gasteiger partial charge on any atom is 0.258 e. The average Bonchev–Trinajstić information content (AvgIpc) is 3.14. The van der Waals surface area contributed by atoms with Gasteiger partial charge in [-0.2, -0.15) is 0 Å². The van der Waals surface area contributed by atoms with E-state index in [1.807, 2.05) is 6.92 Å². The summed E-state index contributed by atoms with van der Waals surface area (Å²) in [6.07, 6.45) is 1.92. The molecule has 0 bridgehead atoms. The van der Waals surface area contributed by atoms with Crippen LogP contribution in [0.5, 0.6) is 0 Å². The Kier molecular flexibility index (Phi) is 2.97. The summed E-state index contributed by atoms with van der Waals surface area (Å²) < 4.78 is 5.12. The molecule has 1 saturated carbocycles. The molecule has 6 heteroatoms. The highest BCUT2D eigenvalue weighted by Crippen LogP contribution is 2.44. The number of aliphatic hydroxyl groups is 1. The first-order valence-corrected chi connectivity index (χ1v) is 6.67. The molecule has 2 N–H and O–H groups in total. The van der Waals surface area contributed by atoms with Crippen LogP contribution >= 0.6 is 0 Å². The molecule has 0 radical (unpaired) electrons. The number of aryl methyl sites for hydroxylation is 2. The average molecular weight is 275 g/mol. The smallest absolute Gasteiger partial charge is 0.258 e. The van der Waals surface area contributed by atoms with Gasteiger partial charge in [0.25, 0.3) is 11.6 Å². The van der Waals surface area contributed by atoms with Crippen LogP contribution in [-0.2, 0) is 0 Å². The van der Waals surface area contributed by atoms with Gasteiger partial charge in [-0.1, -0.05) is 5.16 Å². The second-order valence-electron chi connectivity index (χ2n) is 5.60. The molecule has 0 spiro atoms. The van der Waals surface area contributed by atoms with Crippen molar-refractivity contribution < 1.29 is 14.4 Å². The normalized spacial score (nSPS) is 16.4. The predicted octanol–water partition coefficient (Wildman–Crippen LogP) is 1.34. The minimum Gasteiger partial charge on any atom is -0.396 e. The van der Waals surface area contributed by atoms with E-state index in [4.69, 9.17) is 4.52 Å². The van der Waals surface area contributed by atoms with Crippen molar-refractivity contribution in [3.05, 3.63) is 23.0 Å². The van der Waals surface area contributed by atoms with Gasteiger partial charge in [0.2, 0.25) is 0 Å². The SMILES string of the molecule is Cc1cc(C(=O)NCC2(CO)CC2)c2c(C)noc2n1. The summed E-state index contributed by atoms with van der Waals surface area (Å²) in [6.45, 7) is 4.21. The van der Waals surface area contributed by atoms with Crippen LogP contribution in [0, 0.1) is 19.3 Å². The molecular formula is C14H17N3O3. The molecule has 2 heterocycles. The fourth-order valence-corrected chi connectivity index (χ4v) is 2.33. The zero-order valence-electron chi connectivity index (χ0n) is 11.6. The van der Waals surface area contributed by atoms with E-state index < -0.39 is 0 Å². The summed E-state index contributed by atoms with van der Waals surface area (Å²) in [5.74, 6) is -0.175. The largest absolute Gasteiger partial charge is 0.396 e. The number of carbonyl (C=O) groups is 1. The highest BCUT2D eigenvalue weighted by Gasteiger charge is 2.42. The van der Waals surface area contributed by atoms with E-state index in [0.29, 0.717) is 34.6 Å². The lowest BCUT2D eigenvalue weighted by Gasteiger charge is -2.13. The van der Waals surface area contributed by atoms with Crippen LogP contribution in [0.15, 0.2) is 10.6 Å². The van der Waals surface area contributed by atoms with Crippen molar-refractivity contribution in [2.75, 3.05) is 13.2 Å². The lowest BCUT2D eigenvalue weighted by Crippen LogP contribution is -2.32. The summed E-state index contributed by atoms with van der Waals surface area (Å²) in [6, 6.07) is 1.74. The molecule has 3 rings (SSSR count). The lowest BCUT2D eigenvalue weighted by atomic mass is 10.1. The molecule has 1 aliphatic rings. The third-order valence-corrected chi connectivity index (χ3v) is 3.91. The lowest BCUT2D eigenvalue weighted by molar-refractivity contribution is 0.0936. The van der Waals surface area contributed by atoms with Gasteiger partial charge >= 0.3 is 0 Å². The summed E-state index contributed by atoms with van der Waals surface area (Å²) >= 11 is 0. The molecule has 1 fully saturated rings. The number of aromatic nitrogens is 2. The predicted molar refractivity (Wildman–Crippen MR) is 72.4 cm³/mol. The minimum atomic E-state index is -0.175. The molecule has 2 aromatic rings. The third-order valence-electron chi connectivity index (χ3n) is 3.91. The Morgan fingerprint density at radius 3 is 2.90 bits per heavy atom. The molecule has 0 unspecified atom stereocenters. The number of aliphatic hydroxyl groups excluding tert-OH is 1. The molecular weight excluding hydrogens is 258 g/mol. The quantitative estimate of drug-likeness (QED) is 0.879. The maximum atomic E-state index is 12.4. The Morgan fingerprint density at radius 1 is 1.50 bits per heavy atom. The van der Waals surface area contributed by atoms with Crippen molar-refractivity contribution >= 4 is 17.0 Å². The van der Waals surface area contributed by atoms with E-state index in [0.717, 1.165) is 12.8 Å². The maximum absolute atomic E-state index is 12.4. The van der Waals surface area contributed by atoms with E-state index in [-0.39, 0.29) is 17.9 Å². The summed E-state index contributed by atoms with van der Waals surface area (Å²) in [7, 11) is 0. The Hall–Kier alpha value is -1.95. The topological polar surface area (TPSA) is 88.2 Å². The summed E-state index contributed by atoms with van der Waals surface area (Å²) in [5.41, 5.74) is 2.17. The van der Waals surface area contributed by atoms with E-state index in [2.05, 4.69) is 15.5 Å². The molecule has 1 aliphatic carbocycles. The van der Waals surface area contributed by atoms with Crippen molar-refractivity contribution in [3.8, 4) is 0 Å². The van der Waals surface area contributed by atoms with Crippen molar-refractivity contribution in [3.63, 3.8) is 0 Å². The van der Waals surface area contributed by atoms with E-state index in [1.54, 1.807) is 13.0 Å². The van der Waals surface area contributed by atoms with Crippen molar-refractivity contribution in [2.45, 2.75) is 26.7 Å². The second-order valence-corrected chi connectivity index (χ2v) is 5.60. The van der Waals surface area contributed by atoms with Gasteiger partial charge in [0.1, 0.15) is 0 Å². The molecule has 2 aromatic heterocycles. The third kappa shape index (κ3) is 2.16. The molecule has 0 aromatic carbocycles. The van der Waals surface area contributed by atoms with Gasteiger partial charge < -0.3 is 14.9 Å². The number of amides is 1. The number of hydrogen-bond acceptors (Lipinski definition) is 5. The highest BCUT2D eigenvalue weighted by atomic mass is 16.5. The van der Waals surface area contributed by atoms with Crippen molar-refractivity contribution in [1.82, 2.24) is 15.5 Å². The summed E-state index contributed by atoms with van der Waals surface area (Å²) in [5, 5.41) is 16.7. The number of nitrogens with one attached hydrogen (secondary N) is 1. The fourth-order valence-electron chi connectivity index (χ4n) is 2.33. The van der Waals surface area contributed by atoms with Gasteiger partial charge in [-0.15, -0.1) is 0 Å². The number of rotatable bonds is 4. The molecule has 6 nitrogen and oxygen atoms in total. The number of pyridine rings is 1. The van der Waals surface area contributed by atoms with Gasteiger partial charge in [-0.05, 0) is 32.8 Å². The highest BCUT2D eigenvalue weighted by molar-refractivity contribution is 6.06. The van der Waals surface area contributed by atoms with Gasteiger partial charge in [0.15, 0.2) is 0 Å². The number of nitrogens with zero attached hydrogens (tertiary/aromatic N) is 2. The first-order valence-electron chi connectivity index (χ1n) is 6.67. The van der Waals surface area contributed by atoms with Crippen molar-refractivity contribution in [2.24, 2.45) is 5.41 Å². The minimum absolute atomic E-state index is 0.111.